The van der Waals surface area contributed by atoms with E-state index in [1.54, 1.807) is 0 Å². The normalized spacial score (nSPS) is 10.7. The molecule has 0 amide bonds. The average molecular weight is 358 g/mol. The number of carbonyl (C=O) groups is 1. The van der Waals surface area contributed by atoms with Crippen molar-refractivity contribution < 1.29 is 27.8 Å². The van der Waals surface area contributed by atoms with E-state index in [0.29, 0.717) is 5.56 Å². The third-order valence-corrected chi connectivity index (χ3v) is 2.47. The molecule has 0 aliphatic heterocycles. The summed E-state index contributed by atoms with van der Waals surface area (Å²) in [4.78, 5) is 18.2. The first kappa shape index (κ1) is 19.3. The number of alkyl halides is 3. The Morgan fingerprint density at radius 1 is 1.18 bits per heavy atom. The summed E-state index contributed by atoms with van der Waals surface area (Å²) in [5.41, 5.74) is 0.225. The number of hydrogen-bond donors (Lipinski definition) is 1. The van der Waals surface area contributed by atoms with Crippen molar-refractivity contribution in [3.63, 3.8) is 0 Å². The van der Waals surface area contributed by atoms with Gasteiger partial charge in [-0.25, -0.2) is 14.8 Å². The van der Waals surface area contributed by atoms with Gasteiger partial charge in [0.25, 0.3) is 0 Å². The van der Waals surface area contributed by atoms with Crippen LogP contribution in [0.1, 0.15) is 10.5 Å². The van der Waals surface area contributed by atoms with Gasteiger partial charge < -0.3 is 9.84 Å². The maximum absolute atomic E-state index is 12.0. The topological polar surface area (TPSA) is 72.3 Å². The van der Waals surface area contributed by atoms with Crippen molar-refractivity contribution in [2.45, 2.75) is 6.36 Å². The van der Waals surface area contributed by atoms with Crippen LogP contribution in [0.15, 0.2) is 30.3 Å². The molecular weight excluding hydrogens is 352 g/mol. The van der Waals surface area contributed by atoms with E-state index in [2.05, 4.69) is 14.7 Å². The first-order chi connectivity index (χ1) is 9.74. The Labute approximate surface area is 169 Å². The SMILES string of the molecule is O=C(O)c1cc(-c2ccc(OC(F)(F)F)cc2)nc(Cl)n1.[K]. The minimum Gasteiger partial charge on any atom is -0.477 e. The summed E-state index contributed by atoms with van der Waals surface area (Å²) in [5.74, 6) is -1.69. The molecule has 111 valence electrons. The molecule has 0 aliphatic carbocycles. The average Bonchev–Trinajstić information content (AvgIpc) is 2.37. The summed E-state index contributed by atoms with van der Waals surface area (Å²) in [7, 11) is 0. The number of ether oxygens (including phenoxy) is 1. The molecule has 0 saturated heterocycles. The second-order valence-corrected chi connectivity index (χ2v) is 4.12. The van der Waals surface area contributed by atoms with Gasteiger partial charge in [0.05, 0.1) is 5.69 Å². The van der Waals surface area contributed by atoms with E-state index in [1.165, 1.54) is 12.1 Å². The fourth-order valence-corrected chi connectivity index (χ4v) is 1.68. The second-order valence-electron chi connectivity index (χ2n) is 3.78. The number of halogens is 4. The van der Waals surface area contributed by atoms with Gasteiger partial charge in [-0.2, -0.15) is 0 Å². The minimum absolute atomic E-state index is 0. The number of benzene rings is 1. The molecule has 2 rings (SSSR count). The van der Waals surface area contributed by atoms with Gasteiger partial charge in [0.1, 0.15) is 5.75 Å². The van der Waals surface area contributed by atoms with Crippen LogP contribution in [-0.4, -0.2) is 78.8 Å². The van der Waals surface area contributed by atoms with Crippen LogP contribution in [-0.2, 0) is 0 Å². The number of aromatic carboxylic acids is 1. The van der Waals surface area contributed by atoms with Gasteiger partial charge in [-0.3, -0.25) is 0 Å². The Hall–Kier alpha value is -0.714. The Balaban J connectivity index is 0.00000242. The van der Waals surface area contributed by atoms with Crippen LogP contribution in [0.4, 0.5) is 13.2 Å². The van der Waals surface area contributed by atoms with Gasteiger partial charge in [-0.05, 0) is 41.9 Å². The molecule has 1 radical (unpaired) electrons. The minimum atomic E-state index is -4.78. The number of carboxylic acids is 1. The van der Waals surface area contributed by atoms with E-state index in [0.717, 1.165) is 18.2 Å². The van der Waals surface area contributed by atoms with E-state index < -0.39 is 18.1 Å². The van der Waals surface area contributed by atoms with Crippen LogP contribution >= 0.6 is 11.6 Å². The zero-order chi connectivity index (χ0) is 15.6. The van der Waals surface area contributed by atoms with E-state index in [9.17, 15) is 18.0 Å². The van der Waals surface area contributed by atoms with Gasteiger partial charge in [0.2, 0.25) is 5.28 Å². The van der Waals surface area contributed by atoms with Gasteiger partial charge >= 0.3 is 12.3 Å². The van der Waals surface area contributed by atoms with Crippen molar-refractivity contribution in [2.24, 2.45) is 0 Å². The van der Waals surface area contributed by atoms with Crippen LogP contribution in [0.2, 0.25) is 5.28 Å². The fourth-order valence-electron chi connectivity index (χ4n) is 1.50. The summed E-state index contributed by atoms with van der Waals surface area (Å²) in [6.07, 6.45) is -4.78. The second kappa shape index (κ2) is 7.71. The van der Waals surface area contributed by atoms with Crippen molar-refractivity contribution in [3.05, 3.63) is 41.3 Å². The predicted octanol–water partition coefficient (Wildman–Crippen LogP) is 3.01. The summed E-state index contributed by atoms with van der Waals surface area (Å²) in [5, 5.41) is 8.58. The maximum Gasteiger partial charge on any atom is 0.573 e. The molecule has 1 heterocycles. The molecule has 5 nitrogen and oxygen atoms in total. The van der Waals surface area contributed by atoms with E-state index in [1.807, 2.05) is 0 Å². The van der Waals surface area contributed by atoms with Crippen LogP contribution in [0.25, 0.3) is 11.3 Å². The summed E-state index contributed by atoms with van der Waals surface area (Å²) < 4.78 is 39.8. The van der Waals surface area contributed by atoms with Crippen molar-refractivity contribution in [1.82, 2.24) is 9.97 Å². The van der Waals surface area contributed by atoms with Crippen molar-refractivity contribution in [2.75, 3.05) is 0 Å². The molecule has 0 spiro atoms. The van der Waals surface area contributed by atoms with E-state index in [4.69, 9.17) is 16.7 Å². The smallest absolute Gasteiger partial charge is 0.477 e. The molecule has 0 atom stereocenters. The molecule has 1 N–H and O–H groups in total. The van der Waals surface area contributed by atoms with Crippen LogP contribution < -0.4 is 4.74 Å². The Morgan fingerprint density at radius 2 is 1.77 bits per heavy atom. The summed E-state index contributed by atoms with van der Waals surface area (Å²) >= 11 is 5.60. The zero-order valence-corrected chi connectivity index (χ0v) is 14.9. The monoisotopic (exact) mass is 357 g/mol. The first-order valence-corrected chi connectivity index (χ1v) is 5.76. The molecule has 1 aromatic carbocycles. The van der Waals surface area contributed by atoms with E-state index >= 15 is 0 Å². The number of hydrogen-bond acceptors (Lipinski definition) is 4. The van der Waals surface area contributed by atoms with Gasteiger partial charge in [0, 0.05) is 56.9 Å². The van der Waals surface area contributed by atoms with Gasteiger partial charge in [-0.1, -0.05) is 0 Å². The van der Waals surface area contributed by atoms with Crippen molar-refractivity contribution in [3.8, 4) is 17.0 Å². The standard InChI is InChI=1S/C12H6ClF3N2O3.K/c13-11-17-8(5-9(18-11)10(19)20)6-1-3-7(4-2-6)21-12(14,15)16;/h1-5H,(H,19,20);. The zero-order valence-electron chi connectivity index (χ0n) is 11.1. The third kappa shape index (κ3) is 5.49. The first-order valence-electron chi connectivity index (χ1n) is 5.39. The molecular formula is C12H6ClF3KN2O3. The number of rotatable bonds is 3. The summed E-state index contributed by atoms with van der Waals surface area (Å²) in [6, 6.07) is 5.92. The molecule has 0 bridgehead atoms. The van der Waals surface area contributed by atoms with Crippen LogP contribution in [0, 0.1) is 0 Å². The quantitative estimate of drug-likeness (QED) is 0.675. The molecule has 0 aliphatic rings. The van der Waals surface area contributed by atoms with Gasteiger partial charge in [0.15, 0.2) is 5.69 Å². The molecule has 1 aromatic heterocycles. The predicted molar refractivity (Wildman–Crippen MR) is 71.9 cm³/mol. The largest absolute Gasteiger partial charge is 0.573 e. The summed E-state index contributed by atoms with van der Waals surface area (Å²) in [6.45, 7) is 0. The number of carboxylic acid groups (broad SMARTS) is 1. The van der Waals surface area contributed by atoms with Gasteiger partial charge in [-0.15, -0.1) is 13.2 Å². The maximum atomic E-state index is 12.0. The molecule has 0 saturated carbocycles. The van der Waals surface area contributed by atoms with E-state index in [-0.39, 0.29) is 68.1 Å². The third-order valence-electron chi connectivity index (χ3n) is 2.30. The molecule has 2 aromatic rings. The Kier molecular flexibility index (Phi) is 6.77. The molecule has 22 heavy (non-hydrogen) atoms. The van der Waals surface area contributed by atoms with Crippen LogP contribution in [0.3, 0.4) is 0 Å². The fraction of sp³-hybridized carbons (Fsp3) is 0.0833. The van der Waals surface area contributed by atoms with Crippen molar-refractivity contribution >= 4 is 69.0 Å². The molecule has 10 heteroatoms. The Morgan fingerprint density at radius 3 is 2.27 bits per heavy atom. The van der Waals surface area contributed by atoms with Crippen LogP contribution in [0.5, 0.6) is 5.75 Å². The number of aromatic nitrogens is 2. The Bertz CT molecular complexity index is 680. The molecule has 0 unspecified atom stereocenters. The number of nitrogens with zero attached hydrogens (tertiary/aromatic N) is 2. The van der Waals surface area contributed by atoms with Crippen molar-refractivity contribution in [1.29, 1.82) is 0 Å². The molecule has 0 fully saturated rings.